The molecule has 0 saturated carbocycles. The number of ether oxygens (including phenoxy) is 1. The molecule has 2 aromatic rings. The summed E-state index contributed by atoms with van der Waals surface area (Å²) in [5.74, 6) is -1.27. The minimum Gasteiger partial charge on any atom is -0.455 e. The summed E-state index contributed by atoms with van der Waals surface area (Å²) in [6, 6.07) is 14.6. The van der Waals surface area contributed by atoms with Crippen molar-refractivity contribution in [2.24, 2.45) is 0 Å². The summed E-state index contributed by atoms with van der Waals surface area (Å²) in [5.41, 5.74) is 1.37. The van der Waals surface area contributed by atoms with Gasteiger partial charge in [-0.1, -0.05) is 30.3 Å². The zero-order valence-electron chi connectivity index (χ0n) is 13.7. The van der Waals surface area contributed by atoms with Crippen LogP contribution >= 0.6 is 0 Å². The van der Waals surface area contributed by atoms with Crippen molar-refractivity contribution in [3.8, 4) is 6.07 Å². The van der Waals surface area contributed by atoms with E-state index in [0.717, 1.165) is 5.56 Å². The number of carbonyl (C=O) groups is 2. The number of nitro groups is 1. The topological polar surface area (TPSA) is 122 Å². The first-order chi connectivity index (χ1) is 12.5. The van der Waals surface area contributed by atoms with E-state index in [1.54, 1.807) is 30.3 Å². The second kappa shape index (κ2) is 8.94. The van der Waals surface area contributed by atoms with Gasteiger partial charge in [0.2, 0.25) is 0 Å². The van der Waals surface area contributed by atoms with E-state index in [1.807, 2.05) is 6.07 Å². The standard InChI is InChI=1S/C18H15N3O5/c19-10-9-13-5-7-15(8-6-13)20-17(22)12-26-18(23)11-14-3-1-2-4-16(14)21(24)25/h1-8H,9,11-12H2,(H,20,22). The van der Waals surface area contributed by atoms with Crippen LogP contribution < -0.4 is 5.32 Å². The number of amides is 1. The highest BCUT2D eigenvalue weighted by Gasteiger charge is 2.17. The lowest BCUT2D eigenvalue weighted by atomic mass is 10.1. The van der Waals surface area contributed by atoms with E-state index in [0.29, 0.717) is 5.69 Å². The van der Waals surface area contributed by atoms with E-state index in [-0.39, 0.29) is 24.1 Å². The molecule has 0 saturated heterocycles. The Kier molecular flexibility index (Phi) is 6.40. The van der Waals surface area contributed by atoms with Crippen LogP contribution in [0.5, 0.6) is 0 Å². The van der Waals surface area contributed by atoms with E-state index in [9.17, 15) is 19.7 Å². The normalized spacial score (nSPS) is 9.81. The molecule has 8 heteroatoms. The first-order valence-electron chi connectivity index (χ1n) is 7.63. The molecule has 1 amide bonds. The van der Waals surface area contributed by atoms with E-state index in [1.165, 1.54) is 18.2 Å². The lowest BCUT2D eigenvalue weighted by Gasteiger charge is -2.07. The molecule has 0 aliphatic rings. The van der Waals surface area contributed by atoms with Gasteiger partial charge in [-0.05, 0) is 17.7 Å². The van der Waals surface area contributed by atoms with Crippen LogP contribution in [0.4, 0.5) is 11.4 Å². The Morgan fingerprint density at radius 1 is 1.15 bits per heavy atom. The number of anilines is 1. The predicted octanol–water partition coefficient (Wildman–Crippen LogP) is 2.39. The molecule has 0 heterocycles. The molecular weight excluding hydrogens is 338 g/mol. The molecule has 0 aromatic heterocycles. The maximum atomic E-state index is 11.8. The van der Waals surface area contributed by atoms with Gasteiger partial charge in [-0.3, -0.25) is 19.7 Å². The van der Waals surface area contributed by atoms with Crippen LogP contribution in [0, 0.1) is 21.4 Å². The van der Waals surface area contributed by atoms with Gasteiger partial charge in [0, 0.05) is 17.3 Å². The molecule has 1 N–H and O–H groups in total. The highest BCUT2D eigenvalue weighted by atomic mass is 16.6. The van der Waals surface area contributed by atoms with Crippen molar-refractivity contribution in [2.75, 3.05) is 11.9 Å². The Morgan fingerprint density at radius 3 is 2.50 bits per heavy atom. The number of rotatable bonds is 7. The molecule has 0 atom stereocenters. The van der Waals surface area contributed by atoms with Crippen LogP contribution in [0.15, 0.2) is 48.5 Å². The van der Waals surface area contributed by atoms with Crippen LogP contribution in [0.25, 0.3) is 0 Å². The Balaban J connectivity index is 1.84. The van der Waals surface area contributed by atoms with Gasteiger partial charge in [-0.15, -0.1) is 0 Å². The minimum atomic E-state index is -0.737. The molecule has 0 spiro atoms. The maximum absolute atomic E-state index is 11.8. The number of carbonyl (C=O) groups excluding carboxylic acids is 2. The Labute approximate surface area is 149 Å². The Bertz CT molecular complexity index is 856. The molecular formula is C18H15N3O5. The second-order valence-corrected chi connectivity index (χ2v) is 5.30. The first-order valence-corrected chi connectivity index (χ1v) is 7.63. The van der Waals surface area contributed by atoms with Crippen molar-refractivity contribution in [1.82, 2.24) is 0 Å². The smallest absolute Gasteiger partial charge is 0.311 e. The number of nitrogens with one attached hydrogen (secondary N) is 1. The van der Waals surface area contributed by atoms with Gasteiger partial charge < -0.3 is 10.1 Å². The van der Waals surface area contributed by atoms with E-state index >= 15 is 0 Å². The summed E-state index contributed by atoms with van der Waals surface area (Å²) in [5, 5.41) is 22.1. The molecule has 0 unspecified atom stereocenters. The summed E-state index contributed by atoms with van der Waals surface area (Å²) >= 11 is 0. The third-order valence-corrected chi connectivity index (χ3v) is 3.41. The highest BCUT2D eigenvalue weighted by Crippen LogP contribution is 2.18. The summed E-state index contributed by atoms with van der Waals surface area (Å²) in [6.07, 6.45) is -0.0231. The van der Waals surface area contributed by atoms with Crippen molar-refractivity contribution in [1.29, 1.82) is 5.26 Å². The number of nitrogens with zero attached hydrogens (tertiary/aromatic N) is 2. The fourth-order valence-corrected chi connectivity index (χ4v) is 2.19. The minimum absolute atomic E-state index is 0.175. The Morgan fingerprint density at radius 2 is 1.85 bits per heavy atom. The third-order valence-electron chi connectivity index (χ3n) is 3.41. The molecule has 26 heavy (non-hydrogen) atoms. The quantitative estimate of drug-likeness (QED) is 0.463. The molecule has 0 fully saturated rings. The fourth-order valence-electron chi connectivity index (χ4n) is 2.19. The number of para-hydroxylation sites is 1. The maximum Gasteiger partial charge on any atom is 0.311 e. The SMILES string of the molecule is N#CCc1ccc(NC(=O)COC(=O)Cc2ccccc2[N+](=O)[O-])cc1. The fraction of sp³-hybridized carbons (Fsp3) is 0.167. The number of hydrogen-bond acceptors (Lipinski definition) is 6. The molecule has 132 valence electrons. The van der Waals surface area contributed by atoms with Gasteiger partial charge in [0.15, 0.2) is 6.61 Å². The zero-order valence-corrected chi connectivity index (χ0v) is 13.7. The lowest BCUT2D eigenvalue weighted by Crippen LogP contribution is -2.21. The summed E-state index contributed by atoms with van der Waals surface area (Å²) in [4.78, 5) is 33.9. The van der Waals surface area contributed by atoms with Crippen molar-refractivity contribution in [3.05, 3.63) is 69.8 Å². The van der Waals surface area contributed by atoms with E-state index < -0.39 is 23.4 Å². The van der Waals surface area contributed by atoms with Gasteiger partial charge >= 0.3 is 5.97 Å². The average Bonchev–Trinajstić information content (AvgIpc) is 2.62. The zero-order chi connectivity index (χ0) is 18.9. The average molecular weight is 353 g/mol. The number of nitro benzene ring substituents is 1. The molecule has 0 aliphatic carbocycles. The largest absolute Gasteiger partial charge is 0.455 e. The van der Waals surface area contributed by atoms with Crippen LogP contribution in [0.1, 0.15) is 11.1 Å². The number of esters is 1. The highest BCUT2D eigenvalue weighted by molar-refractivity contribution is 5.92. The van der Waals surface area contributed by atoms with Crippen molar-refractivity contribution in [3.63, 3.8) is 0 Å². The molecule has 0 aliphatic heterocycles. The van der Waals surface area contributed by atoms with Gasteiger partial charge in [0.05, 0.1) is 23.8 Å². The third kappa shape index (κ3) is 5.42. The van der Waals surface area contributed by atoms with Gasteiger partial charge in [0.1, 0.15) is 0 Å². The lowest BCUT2D eigenvalue weighted by molar-refractivity contribution is -0.385. The van der Waals surface area contributed by atoms with Crippen molar-refractivity contribution < 1.29 is 19.2 Å². The van der Waals surface area contributed by atoms with Crippen LogP contribution in [0.3, 0.4) is 0 Å². The summed E-state index contributed by atoms with van der Waals surface area (Å²) < 4.78 is 4.86. The predicted molar refractivity (Wildman–Crippen MR) is 92.1 cm³/mol. The molecule has 0 radical (unpaired) electrons. The van der Waals surface area contributed by atoms with E-state index in [2.05, 4.69) is 5.32 Å². The Hall–Kier alpha value is -3.73. The number of hydrogen-bond donors (Lipinski definition) is 1. The first kappa shape index (κ1) is 18.6. The summed E-state index contributed by atoms with van der Waals surface area (Å²) in [7, 11) is 0. The van der Waals surface area contributed by atoms with Crippen LogP contribution in [-0.2, 0) is 27.2 Å². The van der Waals surface area contributed by atoms with Crippen molar-refractivity contribution >= 4 is 23.3 Å². The van der Waals surface area contributed by atoms with Gasteiger partial charge in [0.25, 0.3) is 11.6 Å². The summed E-state index contributed by atoms with van der Waals surface area (Å²) in [6.45, 7) is -0.501. The number of benzene rings is 2. The monoisotopic (exact) mass is 353 g/mol. The molecule has 2 aromatic carbocycles. The van der Waals surface area contributed by atoms with Crippen LogP contribution in [-0.4, -0.2) is 23.4 Å². The molecule has 8 nitrogen and oxygen atoms in total. The van der Waals surface area contributed by atoms with Gasteiger partial charge in [-0.25, -0.2) is 0 Å². The van der Waals surface area contributed by atoms with Crippen molar-refractivity contribution in [2.45, 2.75) is 12.8 Å². The number of nitriles is 1. The molecule has 0 bridgehead atoms. The van der Waals surface area contributed by atoms with Crippen LogP contribution in [0.2, 0.25) is 0 Å². The van der Waals surface area contributed by atoms with Gasteiger partial charge in [-0.2, -0.15) is 5.26 Å². The second-order valence-electron chi connectivity index (χ2n) is 5.30. The van der Waals surface area contributed by atoms with E-state index in [4.69, 9.17) is 10.00 Å². The molecule has 2 rings (SSSR count).